The van der Waals surface area contributed by atoms with Crippen LogP contribution in [0.1, 0.15) is 38.4 Å². The van der Waals surface area contributed by atoms with E-state index in [1.165, 1.54) is 20.0 Å². The van der Waals surface area contributed by atoms with Crippen LogP contribution >= 0.6 is 0 Å². The van der Waals surface area contributed by atoms with E-state index < -0.39 is 17.9 Å². The summed E-state index contributed by atoms with van der Waals surface area (Å²) in [7, 11) is 1.72. The molecule has 2 amide bonds. The van der Waals surface area contributed by atoms with Gasteiger partial charge in [0.2, 0.25) is 17.8 Å². The molecule has 210 valence electrons. The van der Waals surface area contributed by atoms with Crippen molar-refractivity contribution in [3.63, 3.8) is 0 Å². The standard InChI is InChI=1S/C26H27F3N8O3/c1-15(38)31-23-13-19(6-9-30-23)40-18-4-5-20-21(12-18)35(3)25(32-20)33-24-14-22(26(27,28)29)37(34-24)17-7-10-36(11-8-17)16(2)39/h4-6,9,12-14,17H,7-8,10-11H2,1-3H3,(H,30,31,38)(H,32,33,34). The van der Waals surface area contributed by atoms with Gasteiger partial charge in [0.1, 0.15) is 23.0 Å². The van der Waals surface area contributed by atoms with Crippen LogP contribution in [0.4, 0.5) is 30.8 Å². The second kappa shape index (κ2) is 10.5. The highest BCUT2D eigenvalue weighted by Gasteiger charge is 2.38. The van der Waals surface area contributed by atoms with Gasteiger partial charge >= 0.3 is 6.18 Å². The van der Waals surface area contributed by atoms with Gasteiger partial charge in [0.05, 0.1) is 17.1 Å². The zero-order valence-electron chi connectivity index (χ0n) is 22.0. The third kappa shape index (κ3) is 5.70. The van der Waals surface area contributed by atoms with Crippen LogP contribution in [0.25, 0.3) is 11.0 Å². The minimum Gasteiger partial charge on any atom is -0.457 e. The summed E-state index contributed by atoms with van der Waals surface area (Å²) in [4.78, 5) is 33.1. The maximum Gasteiger partial charge on any atom is 0.433 e. The summed E-state index contributed by atoms with van der Waals surface area (Å²) in [6.45, 7) is 3.59. The number of anilines is 3. The highest BCUT2D eigenvalue weighted by molar-refractivity contribution is 5.87. The predicted molar refractivity (Wildman–Crippen MR) is 140 cm³/mol. The molecule has 14 heteroatoms. The van der Waals surface area contributed by atoms with Gasteiger partial charge in [0.15, 0.2) is 5.82 Å². The molecular weight excluding hydrogens is 529 g/mol. The van der Waals surface area contributed by atoms with Gasteiger partial charge in [-0.3, -0.25) is 14.3 Å². The van der Waals surface area contributed by atoms with Gasteiger partial charge in [0, 0.05) is 58.4 Å². The molecule has 1 aromatic carbocycles. The summed E-state index contributed by atoms with van der Waals surface area (Å²) in [5, 5.41) is 9.76. The van der Waals surface area contributed by atoms with Crippen LogP contribution in [0.2, 0.25) is 0 Å². The van der Waals surface area contributed by atoms with E-state index in [9.17, 15) is 22.8 Å². The van der Waals surface area contributed by atoms with E-state index in [4.69, 9.17) is 4.74 Å². The number of pyridine rings is 1. The van der Waals surface area contributed by atoms with Crippen LogP contribution in [0.3, 0.4) is 0 Å². The Kier molecular flexibility index (Phi) is 7.08. The molecule has 0 radical (unpaired) electrons. The van der Waals surface area contributed by atoms with E-state index >= 15 is 0 Å². The molecule has 40 heavy (non-hydrogen) atoms. The molecule has 0 saturated carbocycles. The Morgan fingerprint density at radius 3 is 2.42 bits per heavy atom. The number of nitrogens with one attached hydrogen (secondary N) is 2. The normalized spacial score (nSPS) is 14.4. The smallest absolute Gasteiger partial charge is 0.433 e. The fraction of sp³-hybridized carbons (Fsp3) is 0.346. The van der Waals surface area contributed by atoms with E-state index in [-0.39, 0.29) is 17.6 Å². The van der Waals surface area contributed by atoms with Gasteiger partial charge in [-0.2, -0.15) is 18.3 Å². The van der Waals surface area contributed by atoms with Crippen molar-refractivity contribution in [3.8, 4) is 11.5 Å². The summed E-state index contributed by atoms with van der Waals surface area (Å²) >= 11 is 0. The minimum absolute atomic E-state index is 0.0125. The molecule has 1 fully saturated rings. The SMILES string of the molecule is CC(=O)Nc1cc(Oc2ccc3nc(Nc4cc(C(F)(F)F)n(C5CCN(C(C)=O)CC5)n4)n(C)c3c2)ccn1. The van der Waals surface area contributed by atoms with Crippen molar-refractivity contribution in [2.24, 2.45) is 7.05 Å². The van der Waals surface area contributed by atoms with Crippen molar-refractivity contribution in [1.29, 1.82) is 0 Å². The molecule has 0 aliphatic carbocycles. The van der Waals surface area contributed by atoms with E-state index in [0.29, 0.717) is 60.2 Å². The van der Waals surface area contributed by atoms with Gasteiger partial charge in [-0.25, -0.2) is 9.97 Å². The van der Waals surface area contributed by atoms with Crippen LogP contribution in [0.15, 0.2) is 42.6 Å². The molecule has 1 aliphatic rings. The zero-order chi connectivity index (χ0) is 28.6. The second-order valence-corrected chi connectivity index (χ2v) is 9.52. The molecule has 0 spiro atoms. The van der Waals surface area contributed by atoms with Crippen molar-refractivity contribution in [2.45, 2.75) is 38.9 Å². The number of fused-ring (bicyclic) bond motifs is 1. The zero-order valence-corrected chi connectivity index (χ0v) is 22.0. The Bertz CT molecular complexity index is 1570. The van der Waals surface area contributed by atoms with E-state index in [1.807, 2.05) is 0 Å². The first-order chi connectivity index (χ1) is 19.0. The molecule has 4 heterocycles. The van der Waals surface area contributed by atoms with Crippen molar-refractivity contribution < 1.29 is 27.5 Å². The van der Waals surface area contributed by atoms with Crippen molar-refractivity contribution in [3.05, 3.63) is 48.3 Å². The molecule has 4 aromatic rings. The van der Waals surface area contributed by atoms with Crippen LogP contribution in [0.5, 0.6) is 11.5 Å². The largest absolute Gasteiger partial charge is 0.457 e. The summed E-state index contributed by atoms with van der Waals surface area (Å²) in [6.07, 6.45) is -2.34. The van der Waals surface area contributed by atoms with E-state index in [1.54, 1.807) is 46.8 Å². The molecule has 3 aromatic heterocycles. The number of piperidine rings is 1. The Hall–Kier alpha value is -4.62. The molecule has 0 bridgehead atoms. The summed E-state index contributed by atoms with van der Waals surface area (Å²) < 4.78 is 50.3. The number of carbonyl (C=O) groups excluding carboxylic acids is 2. The van der Waals surface area contributed by atoms with Crippen LogP contribution in [-0.2, 0) is 22.8 Å². The maximum atomic E-state index is 13.9. The Morgan fingerprint density at radius 2 is 1.75 bits per heavy atom. The lowest BCUT2D eigenvalue weighted by Crippen LogP contribution is -2.38. The van der Waals surface area contributed by atoms with Crippen LogP contribution in [-0.4, -0.2) is 54.1 Å². The number of rotatable bonds is 6. The highest BCUT2D eigenvalue weighted by Crippen LogP contribution is 2.36. The number of halogens is 3. The number of likely N-dealkylation sites (tertiary alicyclic amines) is 1. The van der Waals surface area contributed by atoms with Crippen LogP contribution in [0, 0.1) is 0 Å². The molecule has 5 rings (SSSR count). The summed E-state index contributed by atoms with van der Waals surface area (Å²) in [5.74, 6) is 1.25. The summed E-state index contributed by atoms with van der Waals surface area (Å²) in [6, 6.07) is 8.90. The van der Waals surface area contributed by atoms with Crippen molar-refractivity contribution >= 4 is 40.4 Å². The Labute approximate surface area is 226 Å². The number of nitrogens with zero attached hydrogens (tertiary/aromatic N) is 6. The number of hydrogen-bond acceptors (Lipinski definition) is 7. The lowest BCUT2D eigenvalue weighted by atomic mass is 10.0. The molecule has 11 nitrogen and oxygen atoms in total. The first kappa shape index (κ1) is 27.0. The number of imidazole rings is 1. The lowest BCUT2D eigenvalue weighted by Gasteiger charge is -2.32. The number of benzene rings is 1. The molecule has 0 atom stereocenters. The topological polar surface area (TPSA) is 119 Å². The number of hydrogen-bond donors (Lipinski definition) is 2. The average molecular weight is 557 g/mol. The van der Waals surface area contributed by atoms with Gasteiger partial charge in [-0.05, 0) is 31.0 Å². The third-order valence-corrected chi connectivity index (χ3v) is 6.65. The molecule has 0 unspecified atom stereocenters. The van der Waals surface area contributed by atoms with E-state index in [0.717, 1.165) is 10.7 Å². The minimum atomic E-state index is -4.60. The predicted octanol–water partition coefficient (Wildman–Crippen LogP) is 4.86. The number of aryl methyl sites for hydroxylation is 1. The molecule has 1 aliphatic heterocycles. The van der Waals surface area contributed by atoms with Crippen molar-refractivity contribution in [1.82, 2.24) is 29.2 Å². The van der Waals surface area contributed by atoms with Crippen LogP contribution < -0.4 is 15.4 Å². The first-order valence-electron chi connectivity index (χ1n) is 12.5. The van der Waals surface area contributed by atoms with Gasteiger partial charge in [-0.15, -0.1) is 0 Å². The fourth-order valence-electron chi connectivity index (χ4n) is 4.69. The quantitative estimate of drug-likeness (QED) is 0.348. The number of alkyl halides is 3. The number of aromatic nitrogens is 5. The monoisotopic (exact) mass is 556 g/mol. The van der Waals surface area contributed by atoms with E-state index in [2.05, 4.69) is 25.7 Å². The number of carbonyl (C=O) groups is 2. The maximum absolute atomic E-state index is 13.9. The summed E-state index contributed by atoms with van der Waals surface area (Å²) in [5.41, 5.74) is 0.406. The van der Waals surface area contributed by atoms with Crippen molar-refractivity contribution in [2.75, 3.05) is 23.7 Å². The lowest BCUT2D eigenvalue weighted by molar-refractivity contribution is -0.146. The fourth-order valence-corrected chi connectivity index (χ4v) is 4.69. The van der Waals surface area contributed by atoms with Gasteiger partial charge < -0.3 is 24.8 Å². The highest BCUT2D eigenvalue weighted by atomic mass is 19.4. The molecule has 2 N–H and O–H groups in total. The second-order valence-electron chi connectivity index (χ2n) is 9.52. The number of amides is 2. The number of ether oxygens (including phenoxy) is 1. The Balaban J connectivity index is 1.38. The Morgan fingerprint density at radius 1 is 1.02 bits per heavy atom. The van der Waals surface area contributed by atoms with Gasteiger partial charge in [-0.1, -0.05) is 0 Å². The molecular formula is C26H27F3N8O3. The first-order valence-corrected chi connectivity index (χ1v) is 12.5. The molecule has 1 saturated heterocycles. The third-order valence-electron chi connectivity index (χ3n) is 6.65. The average Bonchev–Trinajstić information content (AvgIpc) is 3.46. The van der Waals surface area contributed by atoms with Gasteiger partial charge in [0.25, 0.3) is 0 Å².